The molecular weight excluding hydrogens is 262 g/mol. The molecule has 0 aliphatic carbocycles. The van der Waals surface area contributed by atoms with Gasteiger partial charge in [-0.05, 0) is 18.0 Å². The summed E-state index contributed by atoms with van der Waals surface area (Å²) in [6.45, 7) is 3.04. The molecule has 1 rings (SSSR count). The van der Waals surface area contributed by atoms with E-state index < -0.39 is 5.97 Å². The van der Waals surface area contributed by atoms with Crippen LogP contribution in [-0.4, -0.2) is 24.0 Å². The third-order valence-corrected chi connectivity index (χ3v) is 3.74. The van der Waals surface area contributed by atoms with Gasteiger partial charge in [-0.25, -0.2) is 4.79 Å². The van der Waals surface area contributed by atoms with Gasteiger partial charge >= 0.3 is 5.97 Å². The number of carbonyl (C=O) groups excluding carboxylic acids is 1. The molecular formula is C13H23N3O2S. The van der Waals surface area contributed by atoms with E-state index in [0.717, 1.165) is 13.0 Å². The number of esters is 1. The molecule has 0 bridgehead atoms. The van der Waals surface area contributed by atoms with Crippen LogP contribution in [0.25, 0.3) is 0 Å². The molecule has 0 atom stereocenters. The van der Waals surface area contributed by atoms with Crippen molar-refractivity contribution in [2.75, 3.05) is 24.7 Å². The Morgan fingerprint density at radius 3 is 2.68 bits per heavy atom. The zero-order valence-corrected chi connectivity index (χ0v) is 12.5. The molecule has 0 aromatic carbocycles. The van der Waals surface area contributed by atoms with Crippen molar-refractivity contribution in [3.05, 3.63) is 5.56 Å². The molecule has 0 amide bonds. The molecule has 5 nitrogen and oxygen atoms in total. The second-order valence-electron chi connectivity index (χ2n) is 4.46. The van der Waals surface area contributed by atoms with Gasteiger partial charge < -0.3 is 15.8 Å². The minimum Gasteiger partial charge on any atom is -0.465 e. The van der Waals surface area contributed by atoms with Crippen LogP contribution >= 0.6 is 11.5 Å². The number of anilines is 2. The predicted octanol–water partition coefficient (Wildman–Crippen LogP) is 3.28. The van der Waals surface area contributed by atoms with Gasteiger partial charge in [-0.2, -0.15) is 4.37 Å². The number of hydrogen-bond acceptors (Lipinski definition) is 6. The van der Waals surface area contributed by atoms with Gasteiger partial charge in [0, 0.05) is 6.54 Å². The molecule has 0 unspecified atom stereocenters. The molecule has 0 saturated carbocycles. The van der Waals surface area contributed by atoms with Crippen LogP contribution in [0.15, 0.2) is 0 Å². The standard InChI is InChI=1S/C13H23N3O2S/c1-3-4-5-6-7-8-9-15-12-10(13(17)18-2)11(14)16-19-12/h15H,3-9H2,1-2H3,(H2,14,16). The number of nitrogens with two attached hydrogens (primary N) is 1. The van der Waals surface area contributed by atoms with Gasteiger partial charge in [0.15, 0.2) is 5.82 Å². The van der Waals surface area contributed by atoms with E-state index in [1.165, 1.54) is 50.7 Å². The second-order valence-corrected chi connectivity index (χ2v) is 5.23. The summed E-state index contributed by atoms with van der Waals surface area (Å²) in [7, 11) is 1.34. The number of carbonyl (C=O) groups is 1. The number of nitrogens with one attached hydrogen (secondary N) is 1. The van der Waals surface area contributed by atoms with Gasteiger partial charge in [-0.1, -0.05) is 39.0 Å². The maximum absolute atomic E-state index is 11.5. The van der Waals surface area contributed by atoms with Crippen LogP contribution in [0, 0.1) is 0 Å². The Hall–Kier alpha value is -1.30. The van der Waals surface area contributed by atoms with Crippen LogP contribution in [0.5, 0.6) is 0 Å². The topological polar surface area (TPSA) is 77.2 Å². The van der Waals surface area contributed by atoms with Crippen molar-refractivity contribution in [3.8, 4) is 0 Å². The van der Waals surface area contributed by atoms with Gasteiger partial charge in [0.05, 0.1) is 7.11 Å². The van der Waals surface area contributed by atoms with E-state index in [-0.39, 0.29) is 5.82 Å². The number of methoxy groups -OCH3 is 1. The lowest BCUT2D eigenvalue weighted by molar-refractivity contribution is 0.0603. The monoisotopic (exact) mass is 285 g/mol. The van der Waals surface area contributed by atoms with Crippen molar-refractivity contribution < 1.29 is 9.53 Å². The Bertz CT molecular complexity index is 393. The molecule has 0 spiro atoms. The summed E-state index contributed by atoms with van der Waals surface area (Å²) in [5.41, 5.74) is 6.02. The smallest absolute Gasteiger partial charge is 0.344 e. The molecule has 0 aliphatic heterocycles. The highest BCUT2D eigenvalue weighted by Crippen LogP contribution is 2.27. The first-order valence-corrected chi connectivity index (χ1v) is 7.55. The van der Waals surface area contributed by atoms with Crippen LogP contribution in [-0.2, 0) is 4.74 Å². The SMILES string of the molecule is CCCCCCCCNc1snc(N)c1C(=O)OC. The predicted molar refractivity (Wildman–Crippen MR) is 79.7 cm³/mol. The molecule has 1 aromatic heterocycles. The first kappa shape index (κ1) is 15.8. The number of nitrogen functional groups attached to an aromatic ring is 1. The van der Waals surface area contributed by atoms with Crippen molar-refractivity contribution >= 4 is 28.3 Å². The Kier molecular flexibility index (Phi) is 7.25. The summed E-state index contributed by atoms with van der Waals surface area (Å²) < 4.78 is 8.68. The van der Waals surface area contributed by atoms with Crippen LogP contribution in [0.2, 0.25) is 0 Å². The minimum atomic E-state index is -0.434. The molecule has 19 heavy (non-hydrogen) atoms. The van der Waals surface area contributed by atoms with E-state index in [1.54, 1.807) is 0 Å². The molecule has 0 aliphatic rings. The first-order valence-electron chi connectivity index (χ1n) is 6.78. The minimum absolute atomic E-state index is 0.238. The van der Waals surface area contributed by atoms with E-state index in [9.17, 15) is 4.79 Å². The highest BCUT2D eigenvalue weighted by molar-refractivity contribution is 7.11. The third-order valence-electron chi connectivity index (χ3n) is 2.92. The van der Waals surface area contributed by atoms with Gasteiger partial charge in [-0.3, -0.25) is 0 Å². The summed E-state index contributed by atoms with van der Waals surface area (Å²) in [6.07, 6.45) is 7.44. The maximum Gasteiger partial charge on any atom is 0.344 e. The van der Waals surface area contributed by atoms with E-state index in [2.05, 4.69) is 16.6 Å². The van der Waals surface area contributed by atoms with Crippen molar-refractivity contribution in [2.45, 2.75) is 45.4 Å². The number of nitrogens with zero attached hydrogens (tertiary/aromatic N) is 1. The normalized spacial score (nSPS) is 10.4. The van der Waals surface area contributed by atoms with Crippen LogP contribution in [0.3, 0.4) is 0 Å². The Morgan fingerprint density at radius 1 is 1.32 bits per heavy atom. The first-order chi connectivity index (χ1) is 9.20. The Labute approximate surface area is 118 Å². The van der Waals surface area contributed by atoms with E-state index in [0.29, 0.717) is 10.6 Å². The summed E-state index contributed by atoms with van der Waals surface area (Å²) in [4.78, 5) is 11.5. The van der Waals surface area contributed by atoms with Gasteiger partial charge in [-0.15, -0.1) is 0 Å². The number of unbranched alkanes of at least 4 members (excludes halogenated alkanes) is 5. The lowest BCUT2D eigenvalue weighted by Gasteiger charge is -2.05. The molecule has 0 fully saturated rings. The van der Waals surface area contributed by atoms with Crippen LogP contribution in [0.4, 0.5) is 10.8 Å². The van der Waals surface area contributed by atoms with Crippen LogP contribution in [0.1, 0.15) is 55.8 Å². The summed E-state index contributed by atoms with van der Waals surface area (Å²) in [6, 6.07) is 0. The second kappa shape index (κ2) is 8.74. The van der Waals surface area contributed by atoms with Gasteiger partial charge in [0.1, 0.15) is 10.6 Å². The molecule has 3 N–H and O–H groups in total. The van der Waals surface area contributed by atoms with E-state index in [4.69, 9.17) is 10.5 Å². The summed E-state index contributed by atoms with van der Waals surface area (Å²) in [5.74, 6) is -0.195. The number of hydrogen-bond donors (Lipinski definition) is 2. The molecule has 1 aromatic rings. The van der Waals surface area contributed by atoms with Gasteiger partial charge in [0.25, 0.3) is 0 Å². The maximum atomic E-state index is 11.5. The lowest BCUT2D eigenvalue weighted by Crippen LogP contribution is -2.08. The highest BCUT2D eigenvalue weighted by atomic mass is 32.1. The zero-order chi connectivity index (χ0) is 14.1. The van der Waals surface area contributed by atoms with E-state index >= 15 is 0 Å². The average molecular weight is 285 g/mol. The molecule has 0 radical (unpaired) electrons. The largest absolute Gasteiger partial charge is 0.465 e. The lowest BCUT2D eigenvalue weighted by atomic mass is 10.1. The van der Waals surface area contributed by atoms with Crippen molar-refractivity contribution in [3.63, 3.8) is 0 Å². The quantitative estimate of drug-likeness (QED) is 0.538. The fourth-order valence-electron chi connectivity index (χ4n) is 1.83. The number of rotatable bonds is 9. The van der Waals surface area contributed by atoms with Crippen molar-refractivity contribution in [1.29, 1.82) is 0 Å². The molecule has 0 saturated heterocycles. The molecule has 108 valence electrons. The van der Waals surface area contributed by atoms with Gasteiger partial charge in [0.2, 0.25) is 0 Å². The third kappa shape index (κ3) is 5.06. The Morgan fingerprint density at radius 2 is 2.00 bits per heavy atom. The van der Waals surface area contributed by atoms with Crippen molar-refractivity contribution in [1.82, 2.24) is 4.37 Å². The molecule has 1 heterocycles. The zero-order valence-electron chi connectivity index (χ0n) is 11.7. The van der Waals surface area contributed by atoms with Crippen LogP contribution < -0.4 is 11.1 Å². The van der Waals surface area contributed by atoms with E-state index in [1.807, 2.05) is 0 Å². The summed E-state index contributed by atoms with van der Waals surface area (Å²) in [5, 5.41) is 3.92. The number of ether oxygens (including phenoxy) is 1. The average Bonchev–Trinajstić information content (AvgIpc) is 2.78. The Balaban J connectivity index is 2.31. The molecule has 6 heteroatoms. The fourth-order valence-corrected chi connectivity index (χ4v) is 2.56. The fraction of sp³-hybridized carbons (Fsp3) is 0.692. The summed E-state index contributed by atoms with van der Waals surface area (Å²) >= 11 is 1.20. The van der Waals surface area contributed by atoms with Crippen molar-refractivity contribution in [2.24, 2.45) is 0 Å². The number of aromatic nitrogens is 1. The highest BCUT2D eigenvalue weighted by Gasteiger charge is 2.19.